The first-order valence-corrected chi connectivity index (χ1v) is 9.48. The van der Waals surface area contributed by atoms with Crippen molar-refractivity contribution in [2.24, 2.45) is 0 Å². The molecule has 2 N–H and O–H groups in total. The van der Waals surface area contributed by atoms with Crippen molar-refractivity contribution < 1.29 is 4.79 Å². The number of carbonyl (C=O) groups excluding carboxylic acids is 1. The molecule has 2 heterocycles. The predicted molar refractivity (Wildman–Crippen MR) is 117 cm³/mol. The number of nitrogens with one attached hydrogen (secondary N) is 2. The van der Waals surface area contributed by atoms with Gasteiger partial charge in [0, 0.05) is 34.8 Å². The minimum absolute atomic E-state index is 0.147. The van der Waals surface area contributed by atoms with Crippen LogP contribution in [0.25, 0.3) is 33.5 Å². The van der Waals surface area contributed by atoms with Gasteiger partial charge in [-0.15, -0.1) is 0 Å². The van der Waals surface area contributed by atoms with E-state index in [2.05, 4.69) is 20.3 Å². The van der Waals surface area contributed by atoms with E-state index in [1.54, 1.807) is 24.5 Å². The van der Waals surface area contributed by atoms with Gasteiger partial charge in [-0.1, -0.05) is 42.5 Å². The highest BCUT2D eigenvalue weighted by atomic mass is 16.1. The van der Waals surface area contributed by atoms with Gasteiger partial charge >= 0.3 is 0 Å². The second-order valence-corrected chi connectivity index (χ2v) is 6.84. The quantitative estimate of drug-likeness (QED) is 0.455. The van der Waals surface area contributed by atoms with E-state index in [-0.39, 0.29) is 5.91 Å². The zero-order chi connectivity index (χ0) is 20.3. The fraction of sp³-hybridized carbons (Fsp3) is 0. The number of aromatic nitrogens is 4. The van der Waals surface area contributed by atoms with Gasteiger partial charge in [-0.2, -0.15) is 0 Å². The van der Waals surface area contributed by atoms with Gasteiger partial charge in [0.1, 0.15) is 12.2 Å². The second kappa shape index (κ2) is 7.60. The molecule has 0 aliphatic rings. The van der Waals surface area contributed by atoms with Crippen LogP contribution in [0.5, 0.6) is 0 Å². The standard InChI is InChI=1S/C24H17N5O/c30-24(18-4-2-1-3-5-18)27-20-10-11-21-22(12-20)29-23(28-21)17-8-6-16(7-9-17)19-13-25-15-26-14-19/h1-15H,(H,27,30)(H,28,29). The third-order valence-electron chi connectivity index (χ3n) is 4.83. The van der Waals surface area contributed by atoms with E-state index in [0.717, 1.165) is 33.5 Å². The van der Waals surface area contributed by atoms with Crippen molar-refractivity contribution in [1.29, 1.82) is 0 Å². The van der Waals surface area contributed by atoms with Crippen LogP contribution >= 0.6 is 0 Å². The number of fused-ring (bicyclic) bond motifs is 1. The van der Waals surface area contributed by atoms with Crippen molar-refractivity contribution in [3.05, 3.63) is 97.1 Å². The largest absolute Gasteiger partial charge is 0.338 e. The van der Waals surface area contributed by atoms with E-state index in [1.807, 2.05) is 60.7 Å². The number of carbonyl (C=O) groups is 1. The molecule has 6 heteroatoms. The molecule has 0 bridgehead atoms. The highest BCUT2D eigenvalue weighted by Gasteiger charge is 2.09. The molecule has 30 heavy (non-hydrogen) atoms. The minimum atomic E-state index is -0.147. The Morgan fingerprint density at radius 1 is 0.800 bits per heavy atom. The lowest BCUT2D eigenvalue weighted by molar-refractivity contribution is 0.102. The van der Waals surface area contributed by atoms with Crippen LogP contribution in [0.3, 0.4) is 0 Å². The maximum Gasteiger partial charge on any atom is 0.255 e. The number of amides is 1. The van der Waals surface area contributed by atoms with Gasteiger partial charge in [0.25, 0.3) is 5.91 Å². The first-order chi connectivity index (χ1) is 14.8. The van der Waals surface area contributed by atoms with Crippen LogP contribution in [0.15, 0.2) is 91.5 Å². The van der Waals surface area contributed by atoms with Crippen LogP contribution in [0.2, 0.25) is 0 Å². The monoisotopic (exact) mass is 391 g/mol. The van der Waals surface area contributed by atoms with E-state index >= 15 is 0 Å². The van der Waals surface area contributed by atoms with Crippen LogP contribution in [0.1, 0.15) is 10.4 Å². The van der Waals surface area contributed by atoms with E-state index < -0.39 is 0 Å². The zero-order valence-corrected chi connectivity index (χ0v) is 15.9. The fourth-order valence-electron chi connectivity index (χ4n) is 3.28. The number of nitrogens with zero attached hydrogens (tertiary/aromatic N) is 3. The Kier molecular flexibility index (Phi) is 4.50. The number of imidazole rings is 1. The number of benzene rings is 3. The summed E-state index contributed by atoms with van der Waals surface area (Å²) in [6.07, 6.45) is 5.09. The maximum absolute atomic E-state index is 12.4. The summed E-state index contributed by atoms with van der Waals surface area (Å²) in [6, 6.07) is 22.8. The van der Waals surface area contributed by atoms with Crippen molar-refractivity contribution in [3.63, 3.8) is 0 Å². The molecule has 0 spiro atoms. The predicted octanol–water partition coefficient (Wildman–Crippen LogP) is 4.94. The van der Waals surface area contributed by atoms with Gasteiger partial charge < -0.3 is 10.3 Å². The molecular weight excluding hydrogens is 374 g/mol. The Bertz CT molecular complexity index is 1310. The number of aromatic amines is 1. The lowest BCUT2D eigenvalue weighted by Crippen LogP contribution is -2.11. The normalized spacial score (nSPS) is 10.8. The van der Waals surface area contributed by atoms with Gasteiger partial charge in [-0.3, -0.25) is 4.79 Å². The molecule has 5 aromatic rings. The van der Waals surface area contributed by atoms with Crippen LogP contribution in [-0.2, 0) is 0 Å². The first kappa shape index (κ1) is 17.8. The van der Waals surface area contributed by atoms with E-state index in [9.17, 15) is 4.79 Å². The highest BCUT2D eigenvalue weighted by molar-refractivity contribution is 6.05. The lowest BCUT2D eigenvalue weighted by atomic mass is 10.1. The number of hydrogen-bond acceptors (Lipinski definition) is 4. The molecule has 0 atom stereocenters. The summed E-state index contributed by atoms with van der Waals surface area (Å²) in [6.45, 7) is 0. The average molecular weight is 391 g/mol. The molecule has 0 fully saturated rings. The molecule has 144 valence electrons. The van der Waals surface area contributed by atoms with E-state index in [4.69, 9.17) is 4.98 Å². The van der Waals surface area contributed by atoms with Crippen molar-refractivity contribution in [2.75, 3.05) is 5.32 Å². The highest BCUT2D eigenvalue weighted by Crippen LogP contribution is 2.25. The summed E-state index contributed by atoms with van der Waals surface area (Å²) in [7, 11) is 0. The zero-order valence-electron chi connectivity index (χ0n) is 15.9. The van der Waals surface area contributed by atoms with Gasteiger partial charge in [0.15, 0.2) is 0 Å². The molecular formula is C24H17N5O. The summed E-state index contributed by atoms with van der Waals surface area (Å²) in [4.78, 5) is 28.5. The van der Waals surface area contributed by atoms with Gasteiger partial charge in [0.2, 0.25) is 0 Å². The molecule has 0 aliphatic heterocycles. The fourth-order valence-corrected chi connectivity index (χ4v) is 3.28. The van der Waals surface area contributed by atoms with Crippen molar-refractivity contribution >= 4 is 22.6 Å². The molecule has 0 radical (unpaired) electrons. The maximum atomic E-state index is 12.4. The van der Waals surface area contributed by atoms with Crippen molar-refractivity contribution in [2.45, 2.75) is 0 Å². The molecule has 3 aromatic carbocycles. The molecule has 0 saturated carbocycles. The smallest absolute Gasteiger partial charge is 0.255 e. The SMILES string of the molecule is O=C(Nc1ccc2[nH]c(-c3ccc(-c4cncnc4)cc3)nc2c1)c1ccccc1. The Labute approximate surface area is 172 Å². The Balaban J connectivity index is 1.39. The molecule has 0 saturated heterocycles. The van der Waals surface area contributed by atoms with Crippen LogP contribution in [0.4, 0.5) is 5.69 Å². The van der Waals surface area contributed by atoms with E-state index in [0.29, 0.717) is 11.3 Å². The molecule has 0 unspecified atom stereocenters. The lowest BCUT2D eigenvalue weighted by Gasteiger charge is -2.04. The van der Waals surface area contributed by atoms with Crippen LogP contribution in [-0.4, -0.2) is 25.8 Å². The average Bonchev–Trinajstić information content (AvgIpc) is 3.24. The van der Waals surface area contributed by atoms with Crippen LogP contribution in [0, 0.1) is 0 Å². The Morgan fingerprint density at radius 2 is 1.53 bits per heavy atom. The third-order valence-corrected chi connectivity index (χ3v) is 4.83. The summed E-state index contributed by atoms with van der Waals surface area (Å²) in [5.41, 5.74) is 5.99. The molecule has 0 aliphatic carbocycles. The van der Waals surface area contributed by atoms with Gasteiger partial charge in [0.05, 0.1) is 11.0 Å². The summed E-state index contributed by atoms with van der Waals surface area (Å²) in [5.74, 6) is 0.624. The molecule has 6 nitrogen and oxygen atoms in total. The van der Waals surface area contributed by atoms with Gasteiger partial charge in [-0.25, -0.2) is 15.0 Å². The molecule has 2 aromatic heterocycles. The summed E-state index contributed by atoms with van der Waals surface area (Å²) < 4.78 is 0. The van der Waals surface area contributed by atoms with E-state index in [1.165, 1.54) is 6.33 Å². The second-order valence-electron chi connectivity index (χ2n) is 6.84. The first-order valence-electron chi connectivity index (χ1n) is 9.48. The number of H-pyrrole nitrogens is 1. The van der Waals surface area contributed by atoms with Crippen LogP contribution < -0.4 is 5.32 Å². The molecule has 1 amide bonds. The van der Waals surface area contributed by atoms with Gasteiger partial charge in [-0.05, 0) is 35.9 Å². The molecule has 5 rings (SSSR count). The summed E-state index contributed by atoms with van der Waals surface area (Å²) in [5, 5.41) is 2.92. The number of rotatable bonds is 4. The minimum Gasteiger partial charge on any atom is -0.338 e. The van der Waals surface area contributed by atoms with Crippen molar-refractivity contribution in [3.8, 4) is 22.5 Å². The Morgan fingerprint density at radius 3 is 2.30 bits per heavy atom. The number of anilines is 1. The van der Waals surface area contributed by atoms with Crippen molar-refractivity contribution in [1.82, 2.24) is 19.9 Å². The topological polar surface area (TPSA) is 83.6 Å². The third kappa shape index (κ3) is 3.54. The Hall–Kier alpha value is -4.32. The summed E-state index contributed by atoms with van der Waals surface area (Å²) >= 11 is 0. The number of hydrogen-bond donors (Lipinski definition) is 2.